The highest BCUT2D eigenvalue weighted by Gasteiger charge is 2.38. The van der Waals surface area contributed by atoms with E-state index in [4.69, 9.17) is 16.3 Å². The van der Waals surface area contributed by atoms with Crippen LogP contribution in [0.3, 0.4) is 0 Å². The highest BCUT2D eigenvalue weighted by Crippen LogP contribution is 2.34. The number of aromatic nitrogens is 1. The van der Waals surface area contributed by atoms with Crippen LogP contribution < -0.4 is 9.64 Å². The lowest BCUT2D eigenvalue weighted by molar-refractivity contribution is -0.137. The summed E-state index contributed by atoms with van der Waals surface area (Å²) in [4.78, 5) is 33.9. The summed E-state index contributed by atoms with van der Waals surface area (Å²) >= 11 is 7.71. The molecule has 2 aliphatic rings. The van der Waals surface area contributed by atoms with Gasteiger partial charge in [0.2, 0.25) is 11.8 Å². The van der Waals surface area contributed by atoms with Crippen molar-refractivity contribution in [2.45, 2.75) is 39.2 Å². The summed E-state index contributed by atoms with van der Waals surface area (Å²) in [5.74, 6) is -0.202. The van der Waals surface area contributed by atoms with E-state index in [2.05, 4.69) is 11.9 Å². The van der Waals surface area contributed by atoms with Gasteiger partial charge in [-0.2, -0.15) is 0 Å². The quantitative estimate of drug-likeness (QED) is 0.524. The first-order valence-corrected chi connectivity index (χ1v) is 12.5. The number of hydrogen-bond acceptors (Lipinski definition) is 5. The fourth-order valence-electron chi connectivity index (χ4n) is 4.56. The summed E-state index contributed by atoms with van der Waals surface area (Å²) in [6.07, 6.45) is 1.79. The van der Waals surface area contributed by atoms with Crippen LogP contribution in [0.15, 0.2) is 36.4 Å². The van der Waals surface area contributed by atoms with E-state index in [0.717, 1.165) is 34.3 Å². The molecular formula is C25H26ClN3O3S. The van der Waals surface area contributed by atoms with Crippen molar-refractivity contribution in [3.63, 3.8) is 0 Å². The van der Waals surface area contributed by atoms with Gasteiger partial charge in [-0.3, -0.25) is 9.59 Å². The zero-order chi connectivity index (χ0) is 23.1. The van der Waals surface area contributed by atoms with Crippen molar-refractivity contribution in [2.75, 3.05) is 24.5 Å². The summed E-state index contributed by atoms with van der Waals surface area (Å²) in [7, 11) is 0. The van der Waals surface area contributed by atoms with Crippen molar-refractivity contribution in [3.8, 4) is 5.19 Å². The summed E-state index contributed by atoms with van der Waals surface area (Å²) in [6, 6.07) is 11.7. The Balaban J connectivity index is 1.18. The van der Waals surface area contributed by atoms with E-state index in [1.807, 2.05) is 48.2 Å². The van der Waals surface area contributed by atoms with Crippen molar-refractivity contribution >= 4 is 50.7 Å². The summed E-state index contributed by atoms with van der Waals surface area (Å²) in [6.45, 7) is 5.80. The molecule has 5 rings (SSSR count). The Hall–Kier alpha value is -2.64. The molecule has 2 fully saturated rings. The van der Waals surface area contributed by atoms with Gasteiger partial charge in [0.25, 0.3) is 5.19 Å². The van der Waals surface area contributed by atoms with Crippen molar-refractivity contribution in [1.29, 1.82) is 0 Å². The van der Waals surface area contributed by atoms with Gasteiger partial charge in [0.15, 0.2) is 0 Å². The van der Waals surface area contributed by atoms with Crippen LogP contribution in [0.4, 0.5) is 5.69 Å². The smallest absolute Gasteiger partial charge is 0.274 e. The number of rotatable bonds is 4. The standard InChI is InChI=1S/C25H26ClN3O3S/c1-15-6-7-18(12-16(15)2)29-14-17(13-22(29)30)24(31)28-10-8-19(9-11-28)32-25-27-23-20(26)4-3-5-21(23)33-25/h3-7,12,17,19H,8-11,13-14H2,1-2H3. The van der Waals surface area contributed by atoms with Gasteiger partial charge in [0, 0.05) is 44.6 Å². The number of carbonyl (C=O) groups excluding carboxylic acids is 2. The van der Waals surface area contributed by atoms with Crippen LogP contribution in [0, 0.1) is 19.8 Å². The molecule has 0 aliphatic carbocycles. The molecule has 0 radical (unpaired) electrons. The van der Waals surface area contributed by atoms with Gasteiger partial charge < -0.3 is 14.5 Å². The largest absolute Gasteiger partial charge is 0.467 e. The molecular weight excluding hydrogens is 458 g/mol. The number of halogens is 1. The number of carbonyl (C=O) groups is 2. The van der Waals surface area contributed by atoms with Gasteiger partial charge in [-0.15, -0.1) is 0 Å². The predicted molar refractivity (Wildman–Crippen MR) is 131 cm³/mol. The number of amides is 2. The maximum absolute atomic E-state index is 13.1. The molecule has 0 bridgehead atoms. The maximum Gasteiger partial charge on any atom is 0.274 e. The third-order valence-electron chi connectivity index (χ3n) is 6.65. The van der Waals surface area contributed by atoms with Crippen molar-refractivity contribution in [3.05, 3.63) is 52.5 Å². The summed E-state index contributed by atoms with van der Waals surface area (Å²) < 4.78 is 7.11. The molecule has 2 saturated heterocycles. The Morgan fingerprint density at radius 1 is 1.15 bits per heavy atom. The van der Waals surface area contributed by atoms with Crippen LogP contribution in [0.5, 0.6) is 5.19 Å². The van der Waals surface area contributed by atoms with E-state index < -0.39 is 0 Å². The molecule has 2 aromatic carbocycles. The van der Waals surface area contributed by atoms with E-state index in [1.165, 1.54) is 16.9 Å². The highest BCUT2D eigenvalue weighted by molar-refractivity contribution is 7.20. The molecule has 0 spiro atoms. The fourth-order valence-corrected chi connectivity index (χ4v) is 5.74. The number of para-hydroxylation sites is 1. The van der Waals surface area contributed by atoms with Gasteiger partial charge in [-0.05, 0) is 49.2 Å². The zero-order valence-electron chi connectivity index (χ0n) is 18.7. The number of benzene rings is 2. The second kappa shape index (κ2) is 8.95. The Labute approximate surface area is 202 Å². The van der Waals surface area contributed by atoms with Crippen LogP contribution >= 0.6 is 22.9 Å². The van der Waals surface area contributed by atoms with Gasteiger partial charge in [-0.1, -0.05) is 35.1 Å². The Bertz CT molecular complexity index is 1220. The lowest BCUT2D eigenvalue weighted by Gasteiger charge is -2.33. The normalized spacial score (nSPS) is 19.5. The number of fused-ring (bicyclic) bond motifs is 1. The van der Waals surface area contributed by atoms with Crippen LogP contribution in [-0.4, -0.2) is 47.4 Å². The topological polar surface area (TPSA) is 62.7 Å². The van der Waals surface area contributed by atoms with Gasteiger partial charge in [0.05, 0.1) is 15.6 Å². The first kappa shape index (κ1) is 22.2. The number of nitrogens with zero attached hydrogens (tertiary/aromatic N) is 3. The minimum absolute atomic E-state index is 0.0179. The van der Waals surface area contributed by atoms with Crippen molar-refractivity contribution < 1.29 is 14.3 Å². The minimum Gasteiger partial charge on any atom is -0.467 e. The number of hydrogen-bond donors (Lipinski definition) is 0. The number of piperidine rings is 1. The average molecular weight is 484 g/mol. The molecule has 33 heavy (non-hydrogen) atoms. The predicted octanol–water partition coefficient (Wildman–Crippen LogP) is 4.99. The second-order valence-electron chi connectivity index (χ2n) is 8.88. The monoisotopic (exact) mass is 483 g/mol. The molecule has 2 aliphatic heterocycles. The Kier molecular flexibility index (Phi) is 6.01. The van der Waals surface area contributed by atoms with E-state index in [0.29, 0.717) is 29.9 Å². The van der Waals surface area contributed by atoms with E-state index in [9.17, 15) is 9.59 Å². The van der Waals surface area contributed by atoms with Crippen LogP contribution in [0.25, 0.3) is 10.2 Å². The maximum atomic E-state index is 13.1. The molecule has 0 N–H and O–H groups in total. The zero-order valence-corrected chi connectivity index (χ0v) is 20.3. The highest BCUT2D eigenvalue weighted by atomic mass is 35.5. The van der Waals surface area contributed by atoms with Crippen LogP contribution in [-0.2, 0) is 9.59 Å². The molecule has 6 nitrogen and oxygen atoms in total. The number of likely N-dealkylation sites (tertiary alicyclic amines) is 1. The van der Waals surface area contributed by atoms with Crippen LogP contribution in [0.2, 0.25) is 5.02 Å². The second-order valence-corrected chi connectivity index (χ2v) is 10.3. The molecule has 0 saturated carbocycles. The molecule has 1 aromatic heterocycles. The van der Waals surface area contributed by atoms with Crippen molar-refractivity contribution in [1.82, 2.24) is 9.88 Å². The molecule has 8 heteroatoms. The van der Waals surface area contributed by atoms with Gasteiger partial charge in [-0.25, -0.2) is 4.98 Å². The molecule has 2 amide bonds. The van der Waals surface area contributed by atoms with E-state index in [1.54, 1.807) is 4.90 Å². The first-order valence-electron chi connectivity index (χ1n) is 11.3. The minimum atomic E-state index is -0.289. The van der Waals surface area contributed by atoms with Crippen LogP contribution in [0.1, 0.15) is 30.4 Å². The first-order chi connectivity index (χ1) is 15.9. The number of thiazole rings is 1. The molecule has 172 valence electrons. The molecule has 1 atom stereocenters. The van der Waals surface area contributed by atoms with E-state index >= 15 is 0 Å². The molecule has 3 heterocycles. The number of anilines is 1. The number of ether oxygens (including phenoxy) is 1. The Morgan fingerprint density at radius 2 is 1.94 bits per heavy atom. The summed E-state index contributed by atoms with van der Waals surface area (Å²) in [5, 5.41) is 1.24. The van der Waals surface area contributed by atoms with E-state index in [-0.39, 0.29) is 30.3 Å². The SMILES string of the molecule is Cc1ccc(N2CC(C(=O)N3CCC(Oc4nc5c(Cl)cccc5s4)CC3)CC2=O)cc1C. The van der Waals surface area contributed by atoms with Crippen molar-refractivity contribution in [2.24, 2.45) is 5.92 Å². The third-order valence-corrected chi connectivity index (χ3v) is 7.86. The lowest BCUT2D eigenvalue weighted by atomic mass is 10.0. The summed E-state index contributed by atoms with van der Waals surface area (Å²) in [5.41, 5.74) is 3.98. The van der Waals surface area contributed by atoms with Gasteiger partial charge in [0.1, 0.15) is 11.6 Å². The average Bonchev–Trinajstić information content (AvgIpc) is 3.40. The molecule has 1 unspecified atom stereocenters. The third kappa shape index (κ3) is 4.44. The lowest BCUT2D eigenvalue weighted by Crippen LogP contribution is -2.44. The number of aryl methyl sites for hydroxylation is 2. The Morgan fingerprint density at radius 3 is 2.67 bits per heavy atom. The fraction of sp³-hybridized carbons (Fsp3) is 0.400. The van der Waals surface area contributed by atoms with Gasteiger partial charge >= 0.3 is 0 Å². The molecule has 3 aromatic rings.